The SMILES string of the molecule is CCCC(NC)C(CC)OCC1CC1. The molecule has 0 aromatic rings. The van der Waals surface area contributed by atoms with Crippen LogP contribution in [0.15, 0.2) is 0 Å². The van der Waals surface area contributed by atoms with Crippen molar-refractivity contribution in [1.29, 1.82) is 0 Å². The Bertz CT molecular complexity index is 145. The molecule has 2 unspecified atom stereocenters. The van der Waals surface area contributed by atoms with E-state index in [-0.39, 0.29) is 0 Å². The summed E-state index contributed by atoms with van der Waals surface area (Å²) >= 11 is 0. The summed E-state index contributed by atoms with van der Waals surface area (Å²) in [7, 11) is 2.05. The van der Waals surface area contributed by atoms with Gasteiger partial charge in [0.25, 0.3) is 0 Å². The largest absolute Gasteiger partial charge is 0.376 e. The predicted octanol–water partition coefficient (Wildman–Crippen LogP) is 2.58. The van der Waals surface area contributed by atoms with E-state index in [0.29, 0.717) is 12.1 Å². The van der Waals surface area contributed by atoms with Gasteiger partial charge in [0.15, 0.2) is 0 Å². The van der Waals surface area contributed by atoms with E-state index in [1.165, 1.54) is 25.7 Å². The lowest BCUT2D eigenvalue weighted by molar-refractivity contribution is 0.0173. The van der Waals surface area contributed by atoms with E-state index in [4.69, 9.17) is 4.74 Å². The third kappa shape index (κ3) is 3.97. The fourth-order valence-electron chi connectivity index (χ4n) is 1.89. The van der Waals surface area contributed by atoms with Crippen LogP contribution in [0.2, 0.25) is 0 Å². The summed E-state index contributed by atoms with van der Waals surface area (Å²) in [6.07, 6.45) is 6.76. The average molecular weight is 199 g/mol. The minimum Gasteiger partial charge on any atom is -0.376 e. The van der Waals surface area contributed by atoms with Gasteiger partial charge in [-0.25, -0.2) is 0 Å². The molecule has 0 radical (unpaired) electrons. The molecular weight excluding hydrogens is 174 g/mol. The van der Waals surface area contributed by atoms with Gasteiger partial charge in [-0.05, 0) is 38.6 Å². The highest BCUT2D eigenvalue weighted by molar-refractivity contribution is 4.77. The molecule has 2 nitrogen and oxygen atoms in total. The van der Waals surface area contributed by atoms with Gasteiger partial charge in [0.1, 0.15) is 0 Å². The lowest BCUT2D eigenvalue weighted by Crippen LogP contribution is -2.39. The van der Waals surface area contributed by atoms with Gasteiger partial charge in [-0.3, -0.25) is 0 Å². The molecule has 1 aliphatic rings. The van der Waals surface area contributed by atoms with E-state index in [1.54, 1.807) is 0 Å². The summed E-state index contributed by atoms with van der Waals surface area (Å²) in [6.45, 7) is 5.44. The molecule has 2 heteroatoms. The van der Waals surface area contributed by atoms with E-state index in [2.05, 4.69) is 19.2 Å². The second-order valence-electron chi connectivity index (χ2n) is 4.41. The van der Waals surface area contributed by atoms with Gasteiger partial charge in [-0.2, -0.15) is 0 Å². The molecule has 1 rings (SSSR count). The Morgan fingerprint density at radius 3 is 2.50 bits per heavy atom. The molecular formula is C12H25NO. The molecule has 84 valence electrons. The summed E-state index contributed by atoms with van der Waals surface area (Å²) in [5.74, 6) is 0.878. The van der Waals surface area contributed by atoms with Gasteiger partial charge in [0.2, 0.25) is 0 Å². The highest BCUT2D eigenvalue weighted by Gasteiger charge is 2.25. The van der Waals surface area contributed by atoms with Crippen LogP contribution in [0.25, 0.3) is 0 Å². The molecule has 1 saturated carbocycles. The molecule has 0 aromatic heterocycles. The van der Waals surface area contributed by atoms with Crippen LogP contribution in [-0.4, -0.2) is 25.8 Å². The second-order valence-corrected chi connectivity index (χ2v) is 4.41. The summed E-state index contributed by atoms with van der Waals surface area (Å²) in [6, 6.07) is 0.545. The van der Waals surface area contributed by atoms with Crippen molar-refractivity contribution in [1.82, 2.24) is 5.32 Å². The number of ether oxygens (including phenoxy) is 1. The Morgan fingerprint density at radius 2 is 2.07 bits per heavy atom. The molecule has 14 heavy (non-hydrogen) atoms. The smallest absolute Gasteiger partial charge is 0.0725 e. The van der Waals surface area contributed by atoms with Crippen LogP contribution in [0, 0.1) is 5.92 Å². The molecule has 0 saturated heterocycles. The fourth-order valence-corrected chi connectivity index (χ4v) is 1.89. The number of likely N-dealkylation sites (N-methyl/N-ethyl adjacent to an activating group) is 1. The number of hydrogen-bond donors (Lipinski definition) is 1. The van der Waals surface area contributed by atoms with Crippen molar-refractivity contribution in [2.24, 2.45) is 5.92 Å². The number of nitrogens with one attached hydrogen (secondary N) is 1. The van der Waals surface area contributed by atoms with Crippen molar-refractivity contribution >= 4 is 0 Å². The quantitative estimate of drug-likeness (QED) is 0.649. The normalized spacial score (nSPS) is 20.8. The monoisotopic (exact) mass is 199 g/mol. The first kappa shape index (κ1) is 12.0. The Balaban J connectivity index is 2.24. The van der Waals surface area contributed by atoms with Crippen LogP contribution < -0.4 is 5.32 Å². The van der Waals surface area contributed by atoms with Crippen molar-refractivity contribution in [2.75, 3.05) is 13.7 Å². The van der Waals surface area contributed by atoms with Crippen molar-refractivity contribution in [3.8, 4) is 0 Å². The maximum Gasteiger partial charge on any atom is 0.0725 e. The van der Waals surface area contributed by atoms with Gasteiger partial charge in [0.05, 0.1) is 6.10 Å². The van der Waals surface area contributed by atoms with E-state index in [1.807, 2.05) is 7.05 Å². The topological polar surface area (TPSA) is 21.3 Å². The van der Waals surface area contributed by atoms with Crippen LogP contribution in [0.1, 0.15) is 46.0 Å². The molecule has 0 aromatic carbocycles. The van der Waals surface area contributed by atoms with Crippen molar-refractivity contribution in [2.45, 2.75) is 58.1 Å². The van der Waals surface area contributed by atoms with Crippen molar-refractivity contribution < 1.29 is 4.74 Å². The molecule has 0 heterocycles. The van der Waals surface area contributed by atoms with Crippen molar-refractivity contribution in [3.63, 3.8) is 0 Å². The molecule has 0 bridgehead atoms. The molecule has 0 aliphatic heterocycles. The Kier molecular flexibility index (Phi) is 5.49. The Hall–Kier alpha value is -0.0800. The van der Waals surface area contributed by atoms with E-state index in [0.717, 1.165) is 18.9 Å². The molecule has 2 atom stereocenters. The molecule has 0 spiro atoms. The summed E-state index contributed by atoms with van der Waals surface area (Å²) < 4.78 is 5.96. The maximum atomic E-state index is 5.96. The minimum absolute atomic E-state index is 0.417. The molecule has 0 amide bonds. The van der Waals surface area contributed by atoms with Crippen LogP contribution >= 0.6 is 0 Å². The zero-order valence-corrected chi connectivity index (χ0v) is 9.88. The highest BCUT2D eigenvalue weighted by atomic mass is 16.5. The fraction of sp³-hybridized carbons (Fsp3) is 1.00. The molecule has 1 N–H and O–H groups in total. The van der Waals surface area contributed by atoms with Crippen LogP contribution in [0.3, 0.4) is 0 Å². The summed E-state index contributed by atoms with van der Waals surface area (Å²) in [4.78, 5) is 0. The van der Waals surface area contributed by atoms with Gasteiger partial charge in [0, 0.05) is 12.6 Å². The molecule has 1 aliphatic carbocycles. The minimum atomic E-state index is 0.417. The lowest BCUT2D eigenvalue weighted by Gasteiger charge is -2.25. The third-order valence-corrected chi connectivity index (χ3v) is 3.06. The van der Waals surface area contributed by atoms with Crippen LogP contribution in [0.5, 0.6) is 0 Å². The Labute approximate surface area is 88.4 Å². The zero-order chi connectivity index (χ0) is 10.4. The second kappa shape index (κ2) is 6.41. The van der Waals surface area contributed by atoms with Gasteiger partial charge in [-0.1, -0.05) is 20.3 Å². The standard InChI is InChI=1S/C12H25NO/c1-4-6-11(13-3)12(5-2)14-9-10-7-8-10/h10-13H,4-9H2,1-3H3. The predicted molar refractivity (Wildman–Crippen MR) is 60.5 cm³/mol. The van der Waals surface area contributed by atoms with Gasteiger partial charge in [-0.15, -0.1) is 0 Å². The van der Waals surface area contributed by atoms with Crippen LogP contribution in [0.4, 0.5) is 0 Å². The van der Waals surface area contributed by atoms with E-state index < -0.39 is 0 Å². The lowest BCUT2D eigenvalue weighted by atomic mass is 10.0. The van der Waals surface area contributed by atoms with E-state index >= 15 is 0 Å². The van der Waals surface area contributed by atoms with Crippen molar-refractivity contribution in [3.05, 3.63) is 0 Å². The number of rotatable bonds is 8. The zero-order valence-electron chi connectivity index (χ0n) is 9.88. The van der Waals surface area contributed by atoms with Gasteiger partial charge >= 0.3 is 0 Å². The summed E-state index contributed by atoms with van der Waals surface area (Å²) in [5.41, 5.74) is 0. The maximum absolute atomic E-state index is 5.96. The third-order valence-electron chi connectivity index (χ3n) is 3.06. The van der Waals surface area contributed by atoms with E-state index in [9.17, 15) is 0 Å². The first-order chi connectivity index (χ1) is 6.81. The van der Waals surface area contributed by atoms with Crippen LogP contribution in [-0.2, 0) is 4.74 Å². The van der Waals surface area contributed by atoms with Gasteiger partial charge < -0.3 is 10.1 Å². The Morgan fingerprint density at radius 1 is 1.36 bits per heavy atom. The molecule has 1 fully saturated rings. The number of hydrogen-bond acceptors (Lipinski definition) is 2. The first-order valence-electron chi connectivity index (χ1n) is 6.10. The highest BCUT2D eigenvalue weighted by Crippen LogP contribution is 2.29. The average Bonchev–Trinajstić information content (AvgIpc) is 3.00. The summed E-state index contributed by atoms with van der Waals surface area (Å²) in [5, 5.41) is 3.37. The first-order valence-corrected chi connectivity index (χ1v) is 6.10.